The molecule has 1 unspecified atom stereocenters. The number of carbonyl (C=O) groups excluding carboxylic acids is 7. The minimum atomic E-state index is -1.88. The number of anilines is 2. The van der Waals surface area contributed by atoms with Crippen molar-refractivity contribution in [1.82, 2.24) is 56.1 Å². The SMILES string of the molecule is CCc1c2c(nc3ccc(OC(=O)OCc4ccc(C)cc4)cc13)-c1cc3c(c(=O)n1C2)COC(=O)[C@]3(O)CC.CSSC[C@H](NC(=O)[C@@H](CC(=O)O)NC(=O)[C@@H](CCCN=C(N)N)NC(=O)C(CC(=O)O)NC(=O)CC[C@@H](NC(=O)c1ccc(NCc2cnc3nc(N)[nH]c(=O)c3n2)cc1)C(=O)O)C(=O)O. The Morgan fingerprint density at radius 1 is 0.776 bits per heavy atom. The van der Waals surface area contributed by atoms with Gasteiger partial charge in [-0.3, -0.25) is 53.1 Å². The number of benzene rings is 3. The molecule has 0 saturated carbocycles. The molecule has 18 N–H and O–H groups in total. The van der Waals surface area contributed by atoms with E-state index in [1.54, 1.807) is 42.0 Å². The summed E-state index contributed by atoms with van der Waals surface area (Å²) in [6, 6.07) is 11.8. The Labute approximate surface area is 614 Å². The summed E-state index contributed by atoms with van der Waals surface area (Å²) >= 11 is 0. The Balaban J connectivity index is 0.000000304. The summed E-state index contributed by atoms with van der Waals surface area (Å²) in [4.78, 5) is 187. The highest BCUT2D eigenvalue weighted by Crippen LogP contribution is 2.41. The lowest BCUT2D eigenvalue weighted by Gasteiger charge is -2.31. The first kappa shape index (κ1) is 80.4. The maximum absolute atomic E-state index is 13.5. The lowest BCUT2D eigenvalue weighted by Crippen LogP contribution is -2.58. The molecular formula is C68H76N16O21S2. The number of aliphatic hydroxyl groups is 1. The molecule has 3 aromatic carbocycles. The van der Waals surface area contributed by atoms with Gasteiger partial charge in [-0.25, -0.2) is 34.1 Å². The molecule has 0 bridgehead atoms. The van der Waals surface area contributed by atoms with Crippen molar-refractivity contribution in [2.75, 3.05) is 29.6 Å². The van der Waals surface area contributed by atoms with Gasteiger partial charge in [0.05, 0.1) is 60.3 Å². The number of hydrogen-bond donors (Lipinski definition) is 15. The number of nitrogens with two attached hydrogens (primary N) is 3. The molecular weight excluding hydrogens is 1440 g/mol. The second-order valence-corrected chi connectivity index (χ2v) is 26.8. The van der Waals surface area contributed by atoms with Gasteiger partial charge >= 0.3 is 36.0 Å². The number of aliphatic carboxylic acids is 4. The number of esters is 1. The van der Waals surface area contributed by atoms with Crippen LogP contribution in [-0.2, 0) is 90.9 Å². The summed E-state index contributed by atoms with van der Waals surface area (Å²) < 4.78 is 17.5. The number of cyclic esters (lactones) is 1. The van der Waals surface area contributed by atoms with Gasteiger partial charge in [0.2, 0.25) is 29.6 Å². The predicted octanol–water partition coefficient (Wildman–Crippen LogP) is 1.57. The van der Waals surface area contributed by atoms with E-state index < -0.39 is 133 Å². The number of rotatable bonds is 33. The van der Waals surface area contributed by atoms with Crippen LogP contribution in [0.3, 0.4) is 0 Å². The number of aliphatic imine (C=N–C) groups is 1. The molecule has 0 radical (unpaired) electrons. The highest BCUT2D eigenvalue weighted by atomic mass is 33.1. The number of nitrogen functional groups attached to an aromatic ring is 1. The van der Waals surface area contributed by atoms with Crippen molar-refractivity contribution in [2.45, 2.75) is 134 Å². The van der Waals surface area contributed by atoms with Crippen molar-refractivity contribution in [1.29, 1.82) is 0 Å². The van der Waals surface area contributed by atoms with Crippen molar-refractivity contribution in [3.8, 4) is 17.1 Å². The zero-order valence-electron chi connectivity index (χ0n) is 57.8. The summed E-state index contributed by atoms with van der Waals surface area (Å²) in [7, 11) is 2.28. The van der Waals surface area contributed by atoms with Crippen LogP contribution in [0.4, 0.5) is 16.4 Å². The first-order valence-corrected chi connectivity index (χ1v) is 35.6. The van der Waals surface area contributed by atoms with E-state index in [1.165, 1.54) is 41.3 Å². The number of ether oxygens (including phenoxy) is 3. The van der Waals surface area contributed by atoms with Crippen molar-refractivity contribution in [3.05, 3.63) is 144 Å². The largest absolute Gasteiger partial charge is 0.514 e. The van der Waals surface area contributed by atoms with Crippen molar-refractivity contribution in [3.63, 3.8) is 0 Å². The molecule has 6 heterocycles. The average Bonchev–Trinajstić information content (AvgIpc) is 1.61. The summed E-state index contributed by atoms with van der Waals surface area (Å²) in [6.07, 6.45) is -0.591. The molecule has 0 aliphatic carbocycles. The Bertz CT molecular complexity index is 4750. The molecule has 37 nitrogen and oxygen atoms in total. The number of carboxylic acids is 4. The van der Waals surface area contributed by atoms with E-state index in [0.717, 1.165) is 38.4 Å². The minimum absolute atomic E-state index is 0.0146. The van der Waals surface area contributed by atoms with Crippen LogP contribution in [-0.4, -0.2) is 175 Å². The lowest BCUT2D eigenvalue weighted by molar-refractivity contribution is -0.172. The average molecular weight is 1520 g/mol. The van der Waals surface area contributed by atoms with Gasteiger partial charge in [0.15, 0.2) is 22.7 Å². The monoisotopic (exact) mass is 1520 g/mol. The van der Waals surface area contributed by atoms with Gasteiger partial charge in [0.1, 0.15) is 49.2 Å². The van der Waals surface area contributed by atoms with E-state index in [4.69, 9.17) is 36.4 Å². The van der Waals surface area contributed by atoms with Crippen LogP contribution in [0.2, 0.25) is 0 Å². The molecule has 0 saturated heterocycles. The Hall–Kier alpha value is -12.3. The third kappa shape index (κ3) is 21.0. The van der Waals surface area contributed by atoms with Crippen molar-refractivity contribution >= 4 is 127 Å². The second kappa shape index (κ2) is 36.4. The van der Waals surface area contributed by atoms with Crippen LogP contribution < -0.4 is 65.0 Å². The molecule has 7 aromatic rings. The number of nitrogens with zero attached hydrogens (tertiary/aromatic N) is 6. The van der Waals surface area contributed by atoms with Crippen LogP contribution in [0.15, 0.2) is 93.6 Å². The third-order valence-corrected chi connectivity index (χ3v) is 18.6. The van der Waals surface area contributed by atoms with Gasteiger partial charge < -0.3 is 93.4 Å². The zero-order chi connectivity index (χ0) is 78.0. The molecule has 9 rings (SSSR count). The summed E-state index contributed by atoms with van der Waals surface area (Å²) in [5.41, 5.74) is 20.6. The molecule has 107 heavy (non-hydrogen) atoms. The van der Waals surface area contributed by atoms with E-state index >= 15 is 0 Å². The number of fused-ring (bicyclic) bond motifs is 6. The molecule has 0 spiro atoms. The van der Waals surface area contributed by atoms with Crippen LogP contribution in [0.1, 0.15) is 108 Å². The van der Waals surface area contributed by atoms with Gasteiger partial charge in [-0.2, -0.15) is 4.98 Å². The zero-order valence-corrected chi connectivity index (χ0v) is 59.4. The smallest absolute Gasteiger partial charge is 0.481 e. The molecule has 2 aliphatic heterocycles. The first-order valence-electron chi connectivity index (χ1n) is 32.9. The number of pyridine rings is 2. The lowest BCUT2D eigenvalue weighted by atomic mass is 9.86. The van der Waals surface area contributed by atoms with E-state index in [1.807, 2.05) is 38.1 Å². The standard InChI is InChI=1S/C37H48N14O14S2.C31H28N2O7/c1-66-67-15-23(35(64)65)49-32(60)22(12-26(55)56)48-30(58)19(3-2-10-41-36(38)39)46-31(59)21(11-25(53)54)45-24(52)9-8-20(34(62)63)47-29(57)16-4-6-17(7-5-16)42-13-18-14-43-28-27(44-18)33(61)51-37(40)50-28;1-4-20-21-12-19(40-30(36)39-15-18-8-6-17(3)7-9-18)10-11-25(21)32-27-22(20)14-33-26(27)13-24-23(28(33)34)16-38-29(35)31(24,37)5-2/h4-7,14,19-23,42H,2-3,8-13,15H2,1H3,(H,45,52)(H,46,59)(H,47,57)(H,48,58)(H,49,60)(H,53,54)(H,55,56)(H,62,63)(H,64,65)(H4,38,39,41)(H3,40,43,50,51,61);6-13,37H,4-5,14-16H2,1-3H3/t19-,20-,21?,22-,23+;31-/m10/s1. The van der Waals surface area contributed by atoms with Crippen LogP contribution in [0.25, 0.3) is 33.5 Å². The number of aryl methyl sites for hydroxylation is 2. The van der Waals surface area contributed by atoms with Crippen molar-refractivity contribution < 1.29 is 92.5 Å². The molecule has 6 atom stereocenters. The number of guanidine groups is 1. The van der Waals surface area contributed by atoms with Gasteiger partial charge in [-0.1, -0.05) is 65.3 Å². The Morgan fingerprint density at radius 2 is 1.43 bits per heavy atom. The number of nitrogens with one attached hydrogen (secondary N) is 7. The maximum atomic E-state index is 13.5. The number of carbonyl (C=O) groups is 11. The molecule has 0 fully saturated rings. The summed E-state index contributed by atoms with van der Waals surface area (Å²) in [6.45, 7) is 5.91. The molecule has 4 aromatic heterocycles. The van der Waals surface area contributed by atoms with E-state index in [9.17, 15) is 87.9 Å². The highest BCUT2D eigenvalue weighted by molar-refractivity contribution is 8.76. The number of carboxylic acid groups (broad SMARTS) is 4. The van der Waals surface area contributed by atoms with Gasteiger partial charge in [0, 0.05) is 46.5 Å². The number of hydrogen-bond acceptors (Lipinski definition) is 26. The molecule has 566 valence electrons. The minimum Gasteiger partial charge on any atom is -0.481 e. The summed E-state index contributed by atoms with van der Waals surface area (Å²) in [5.74, 6) is -12.5. The number of aromatic nitrogens is 6. The van der Waals surface area contributed by atoms with Crippen molar-refractivity contribution in [2.24, 2.45) is 16.5 Å². The molecule has 39 heteroatoms. The van der Waals surface area contributed by atoms with Gasteiger partial charge in [0.25, 0.3) is 17.0 Å². The molecule has 5 amide bonds. The number of amides is 5. The third-order valence-electron chi connectivity index (χ3n) is 16.8. The fourth-order valence-electron chi connectivity index (χ4n) is 11.3. The Kier molecular flexibility index (Phi) is 27.4. The fraction of sp³-hybridized carbons (Fsp3) is 0.353. The normalized spacial score (nSPS) is 14.6. The number of aromatic amines is 1. The number of H-pyrrole nitrogens is 1. The van der Waals surface area contributed by atoms with Crippen LogP contribution in [0, 0.1) is 6.92 Å². The van der Waals surface area contributed by atoms with Gasteiger partial charge in [-0.05, 0) is 105 Å². The highest BCUT2D eigenvalue weighted by Gasteiger charge is 2.46. The van der Waals surface area contributed by atoms with Crippen LogP contribution in [0.5, 0.6) is 5.75 Å². The first-order chi connectivity index (χ1) is 50.9. The molecule has 2 aliphatic rings. The maximum Gasteiger partial charge on any atom is 0.514 e. The van der Waals surface area contributed by atoms with E-state index in [2.05, 4.69) is 56.8 Å². The van der Waals surface area contributed by atoms with E-state index in [-0.39, 0.29) is 96.6 Å². The fourth-order valence-corrected chi connectivity index (χ4v) is 12.6. The summed E-state index contributed by atoms with van der Waals surface area (Å²) in [5, 5.41) is 64.3. The topological polar surface area (TPSA) is 586 Å². The van der Waals surface area contributed by atoms with E-state index in [0.29, 0.717) is 47.0 Å². The van der Waals surface area contributed by atoms with Gasteiger partial charge in [-0.15, -0.1) is 0 Å². The predicted molar refractivity (Wildman–Crippen MR) is 386 cm³/mol. The quantitative estimate of drug-likeness (QED) is 0.00693. The van der Waals surface area contributed by atoms with Crippen LogP contribution >= 0.6 is 21.6 Å². The Morgan fingerprint density at radius 3 is 2.07 bits per heavy atom. The second-order valence-electron chi connectivity index (χ2n) is 24.2.